The molecule has 2 aromatic carbocycles. The van der Waals surface area contributed by atoms with Gasteiger partial charge in [0.05, 0.1) is 23.5 Å². The Morgan fingerprint density at radius 1 is 1.09 bits per heavy atom. The minimum absolute atomic E-state index is 0.0684. The van der Waals surface area contributed by atoms with Gasteiger partial charge in [0.2, 0.25) is 5.88 Å². The second-order valence-corrected chi connectivity index (χ2v) is 13.4. The van der Waals surface area contributed by atoms with Gasteiger partial charge in [0.15, 0.2) is 0 Å². The van der Waals surface area contributed by atoms with Gasteiger partial charge in [0.1, 0.15) is 24.0 Å². The maximum absolute atomic E-state index is 10.7. The number of hydrogen-bond donors (Lipinski definition) is 2. The molecule has 6 heterocycles. The van der Waals surface area contributed by atoms with Crippen molar-refractivity contribution < 1.29 is 9.84 Å². The Labute approximate surface area is 253 Å². The summed E-state index contributed by atoms with van der Waals surface area (Å²) in [6, 6.07) is 12.0. The van der Waals surface area contributed by atoms with Crippen LogP contribution in [-0.2, 0) is 13.0 Å². The van der Waals surface area contributed by atoms with Crippen LogP contribution in [0.15, 0.2) is 30.3 Å². The fourth-order valence-electron chi connectivity index (χ4n) is 8.70. The highest BCUT2D eigenvalue weighted by atomic mass is 16.5. The van der Waals surface area contributed by atoms with E-state index in [1.54, 1.807) is 6.07 Å². The Kier molecular flexibility index (Phi) is 6.22. The van der Waals surface area contributed by atoms with E-state index in [2.05, 4.69) is 32.0 Å². The number of anilines is 2. The van der Waals surface area contributed by atoms with Crippen LogP contribution < -0.4 is 19.9 Å². The van der Waals surface area contributed by atoms with Gasteiger partial charge in [-0.05, 0) is 75.7 Å². The number of phenolic OH excluding ortho intramolecular Hbond substituents is 1. The molecule has 43 heavy (non-hydrogen) atoms. The molecule has 1 spiro atoms. The van der Waals surface area contributed by atoms with E-state index >= 15 is 0 Å². The Balaban J connectivity index is 1.19. The van der Waals surface area contributed by atoms with Crippen LogP contribution in [0, 0.1) is 29.1 Å². The van der Waals surface area contributed by atoms with Crippen molar-refractivity contribution in [3.05, 3.63) is 52.7 Å². The maximum atomic E-state index is 10.7. The van der Waals surface area contributed by atoms with Crippen LogP contribution >= 0.6 is 0 Å². The number of nitriles is 1. The lowest BCUT2D eigenvalue weighted by atomic mass is 9.78. The molecule has 3 aromatic rings. The van der Waals surface area contributed by atoms with Gasteiger partial charge in [-0.25, -0.2) is 4.98 Å². The first-order valence-corrected chi connectivity index (χ1v) is 15.8. The zero-order chi connectivity index (χ0) is 29.2. The van der Waals surface area contributed by atoms with Gasteiger partial charge in [0, 0.05) is 59.9 Å². The van der Waals surface area contributed by atoms with E-state index in [1.165, 1.54) is 19.3 Å². The quantitative estimate of drug-likeness (QED) is 0.440. The van der Waals surface area contributed by atoms with E-state index in [1.807, 2.05) is 24.3 Å². The fourth-order valence-corrected chi connectivity index (χ4v) is 8.70. The molecule has 0 aliphatic carbocycles. The number of pyridine rings is 1. The average Bonchev–Trinajstić information content (AvgIpc) is 3.74. The van der Waals surface area contributed by atoms with Gasteiger partial charge in [-0.15, -0.1) is 6.42 Å². The van der Waals surface area contributed by atoms with Crippen LogP contribution in [-0.4, -0.2) is 72.9 Å². The highest BCUT2D eigenvalue weighted by Crippen LogP contribution is 2.46. The van der Waals surface area contributed by atoms with E-state index in [0.29, 0.717) is 30.0 Å². The SMILES string of the molecule is C#Cc1cccc2cc(O)cc(N3CCc4c(nc(OCC56CCCN5CCC6)c(C#N)c4N4CC5(CCNC5)C4)C3)c12. The summed E-state index contributed by atoms with van der Waals surface area (Å²) < 4.78 is 6.63. The molecule has 4 saturated heterocycles. The van der Waals surface area contributed by atoms with Crippen molar-refractivity contribution in [1.82, 2.24) is 15.2 Å². The number of rotatable bonds is 5. The van der Waals surface area contributed by atoms with Crippen molar-refractivity contribution in [2.24, 2.45) is 5.41 Å². The first-order chi connectivity index (χ1) is 21.0. The van der Waals surface area contributed by atoms with E-state index in [4.69, 9.17) is 16.1 Å². The first-order valence-electron chi connectivity index (χ1n) is 15.8. The molecule has 0 radical (unpaired) electrons. The normalized spacial score (nSPS) is 21.8. The zero-order valence-corrected chi connectivity index (χ0v) is 24.7. The summed E-state index contributed by atoms with van der Waals surface area (Å²) in [6.45, 7) is 8.14. The summed E-state index contributed by atoms with van der Waals surface area (Å²) in [4.78, 5) is 12.4. The van der Waals surface area contributed by atoms with E-state index < -0.39 is 0 Å². The monoisotopic (exact) mass is 574 g/mol. The van der Waals surface area contributed by atoms with Crippen molar-refractivity contribution in [1.29, 1.82) is 5.26 Å². The average molecular weight is 575 g/mol. The topological polar surface area (TPSA) is 87.9 Å². The lowest BCUT2D eigenvalue weighted by Crippen LogP contribution is -2.58. The maximum Gasteiger partial charge on any atom is 0.234 e. The number of aromatic hydroxyl groups is 1. The molecular weight excluding hydrogens is 536 g/mol. The summed E-state index contributed by atoms with van der Waals surface area (Å²) in [5.41, 5.74) is 5.80. The van der Waals surface area contributed by atoms with Crippen molar-refractivity contribution in [3.8, 4) is 30.0 Å². The summed E-state index contributed by atoms with van der Waals surface area (Å²) in [5.74, 6) is 3.53. The number of fused-ring (bicyclic) bond motifs is 3. The summed E-state index contributed by atoms with van der Waals surface area (Å²) in [5, 5.41) is 26.6. The molecule has 220 valence electrons. The third kappa shape index (κ3) is 4.23. The largest absolute Gasteiger partial charge is 0.508 e. The molecule has 4 fully saturated rings. The molecule has 1 aromatic heterocycles. The second kappa shape index (κ2) is 10.0. The molecule has 5 aliphatic rings. The molecule has 0 saturated carbocycles. The molecule has 2 N–H and O–H groups in total. The standard InChI is InChI=1S/C35H38N6O2/c1-2-24-6-3-7-25-16-26(42)17-30(31(24)25)39-15-8-27-29(19-39)38-33(43-23-35-9-4-13-41(35)14-5-10-35)28(18-36)32(27)40-21-34(22-40)11-12-37-20-34/h1,3,6-7,16-17,37,42H,4-5,8-15,19-23H2. The molecule has 0 amide bonds. The van der Waals surface area contributed by atoms with Crippen LogP contribution in [0.3, 0.4) is 0 Å². The second-order valence-electron chi connectivity index (χ2n) is 13.4. The Hall–Kier alpha value is -3.98. The number of benzene rings is 2. The highest BCUT2D eigenvalue weighted by molar-refractivity contribution is 6.00. The Morgan fingerprint density at radius 3 is 2.67 bits per heavy atom. The molecule has 8 heteroatoms. The molecule has 8 rings (SSSR count). The molecule has 8 nitrogen and oxygen atoms in total. The van der Waals surface area contributed by atoms with Gasteiger partial charge in [-0.1, -0.05) is 18.1 Å². The van der Waals surface area contributed by atoms with Gasteiger partial charge in [0.25, 0.3) is 0 Å². The van der Waals surface area contributed by atoms with Crippen LogP contribution in [0.25, 0.3) is 10.8 Å². The summed E-state index contributed by atoms with van der Waals surface area (Å²) in [6.07, 6.45) is 12.5. The third-order valence-corrected chi connectivity index (χ3v) is 10.8. The number of phenols is 1. The van der Waals surface area contributed by atoms with Crippen LogP contribution in [0.2, 0.25) is 0 Å². The lowest BCUT2D eigenvalue weighted by molar-refractivity contribution is 0.110. The minimum atomic E-state index is 0.0684. The molecule has 0 bridgehead atoms. The fraction of sp³-hybridized carbons (Fsp3) is 0.486. The number of hydrogen-bond acceptors (Lipinski definition) is 8. The van der Waals surface area contributed by atoms with Crippen LogP contribution in [0.4, 0.5) is 11.4 Å². The van der Waals surface area contributed by atoms with Crippen molar-refractivity contribution in [2.45, 2.75) is 50.6 Å². The summed E-state index contributed by atoms with van der Waals surface area (Å²) >= 11 is 0. The molecule has 0 unspecified atom stereocenters. The number of nitrogens with one attached hydrogen (secondary N) is 1. The minimum Gasteiger partial charge on any atom is -0.508 e. The third-order valence-electron chi connectivity index (χ3n) is 10.8. The lowest BCUT2D eigenvalue weighted by Gasteiger charge is -2.50. The van der Waals surface area contributed by atoms with Crippen molar-refractivity contribution >= 4 is 22.1 Å². The highest BCUT2D eigenvalue weighted by Gasteiger charge is 2.48. The molecular formula is C35H38N6O2. The predicted octanol–water partition coefficient (Wildman–Crippen LogP) is 4.16. The van der Waals surface area contributed by atoms with Crippen LogP contribution in [0.5, 0.6) is 11.6 Å². The molecule has 0 atom stereocenters. The van der Waals surface area contributed by atoms with Gasteiger partial charge < -0.3 is 25.0 Å². The van der Waals surface area contributed by atoms with Gasteiger partial charge >= 0.3 is 0 Å². The zero-order valence-electron chi connectivity index (χ0n) is 24.7. The van der Waals surface area contributed by atoms with Gasteiger partial charge in [-0.3, -0.25) is 4.90 Å². The molecule has 5 aliphatic heterocycles. The first kappa shape index (κ1) is 26.6. The smallest absolute Gasteiger partial charge is 0.234 e. The van der Waals surface area contributed by atoms with Crippen molar-refractivity contribution in [3.63, 3.8) is 0 Å². The predicted molar refractivity (Wildman–Crippen MR) is 168 cm³/mol. The Morgan fingerprint density at radius 2 is 1.93 bits per heavy atom. The number of nitrogens with zero attached hydrogens (tertiary/aromatic N) is 5. The number of terminal acetylenes is 1. The van der Waals surface area contributed by atoms with E-state index in [-0.39, 0.29) is 11.3 Å². The summed E-state index contributed by atoms with van der Waals surface area (Å²) in [7, 11) is 0. The Bertz CT molecular complexity index is 1680. The number of aromatic nitrogens is 1. The van der Waals surface area contributed by atoms with Crippen molar-refractivity contribution in [2.75, 3.05) is 62.2 Å². The number of ether oxygens (including phenoxy) is 1. The van der Waals surface area contributed by atoms with Crippen LogP contribution in [0.1, 0.15) is 54.5 Å². The van der Waals surface area contributed by atoms with Gasteiger partial charge in [-0.2, -0.15) is 5.26 Å². The van der Waals surface area contributed by atoms with E-state index in [9.17, 15) is 10.4 Å². The van der Waals surface area contributed by atoms with E-state index in [0.717, 1.165) is 104 Å².